The molecule has 7 rings (SSSR count). The third-order valence-electron chi connectivity index (χ3n) is 13.4. The van der Waals surface area contributed by atoms with Crippen molar-refractivity contribution in [3.63, 3.8) is 0 Å². The second-order valence-electron chi connectivity index (χ2n) is 18.5. The largest absolute Gasteiger partial charge is 0.378 e. The molecule has 4 aliphatic heterocycles. The van der Waals surface area contributed by atoms with Crippen molar-refractivity contribution in [3.05, 3.63) is 107 Å². The Morgan fingerprint density at radius 2 is 1.60 bits per heavy atom. The Morgan fingerprint density at radius 1 is 0.910 bits per heavy atom. The van der Waals surface area contributed by atoms with Gasteiger partial charge in [0.05, 0.1) is 36.4 Å². The zero-order chi connectivity index (χ0) is 48.4. The number of rotatable bonds is 19. The molecular weight excluding hydrogens is 879 g/mol. The number of imide groups is 1. The van der Waals surface area contributed by atoms with E-state index in [2.05, 4.69) is 65.3 Å². The van der Waals surface area contributed by atoms with E-state index in [4.69, 9.17) is 4.74 Å². The zero-order valence-corrected chi connectivity index (χ0v) is 39.7. The number of nitrogens with one attached hydrogen (secondary N) is 3. The molecule has 0 spiro atoms. The third kappa shape index (κ3) is 10.1. The number of ether oxygens (including phenoxy) is 1. The van der Waals surface area contributed by atoms with E-state index in [9.17, 15) is 41.7 Å². The summed E-state index contributed by atoms with van der Waals surface area (Å²) in [5.41, 5.74) is 6.69. The summed E-state index contributed by atoms with van der Waals surface area (Å²) in [6, 6.07) is 13.7. The maximum atomic E-state index is 14.6. The average Bonchev–Trinajstić information content (AvgIpc) is 3.98. The van der Waals surface area contributed by atoms with Crippen LogP contribution in [0.4, 0.5) is 11.4 Å². The summed E-state index contributed by atoms with van der Waals surface area (Å²) in [5, 5.41) is 7.95. The molecule has 5 aliphatic rings. The molecule has 0 radical (unpaired) electrons. The molecule has 4 N–H and O–H groups in total. The molecule has 0 unspecified atom stereocenters. The predicted octanol–water partition coefficient (Wildman–Crippen LogP) is 2.95. The smallest absolute Gasteiger partial charge is 0.267 e. The number of amides is 5. The Balaban J connectivity index is 1.03. The van der Waals surface area contributed by atoms with Gasteiger partial charge in [0.2, 0.25) is 23.4 Å². The molecule has 1 saturated heterocycles. The quantitative estimate of drug-likeness (QED) is 0.0527. The van der Waals surface area contributed by atoms with Gasteiger partial charge < -0.3 is 30.5 Å². The molecule has 356 valence electrons. The number of allylic oxidation sites excluding steroid dienone is 5. The van der Waals surface area contributed by atoms with E-state index in [0.29, 0.717) is 49.1 Å². The number of carbonyl (C=O) groups is 6. The van der Waals surface area contributed by atoms with Crippen molar-refractivity contribution in [3.8, 4) is 0 Å². The lowest BCUT2D eigenvalue weighted by molar-refractivity contribution is -0.401. The Morgan fingerprint density at radius 3 is 2.28 bits per heavy atom. The van der Waals surface area contributed by atoms with Crippen LogP contribution >= 0.6 is 0 Å². The molecule has 1 fully saturated rings. The van der Waals surface area contributed by atoms with E-state index in [1.54, 1.807) is 0 Å². The van der Waals surface area contributed by atoms with Gasteiger partial charge in [-0.15, -0.1) is 0 Å². The first-order chi connectivity index (χ1) is 31.7. The van der Waals surface area contributed by atoms with Crippen LogP contribution in [0, 0.1) is 0 Å². The highest BCUT2D eigenvalue weighted by atomic mass is 32.2. The summed E-state index contributed by atoms with van der Waals surface area (Å²) in [7, 11) is -0.788. The Hall–Kier alpha value is -6.24. The number of carbonyl (C=O) groups excluding carboxylic acids is 6. The van der Waals surface area contributed by atoms with Crippen molar-refractivity contribution >= 4 is 62.5 Å². The summed E-state index contributed by atoms with van der Waals surface area (Å²) in [4.78, 5) is 83.0. The van der Waals surface area contributed by atoms with Crippen molar-refractivity contribution < 1.29 is 51.1 Å². The Labute approximate surface area is 391 Å². The van der Waals surface area contributed by atoms with E-state index < -0.39 is 62.4 Å². The first-order valence-corrected chi connectivity index (χ1v) is 24.3. The Kier molecular flexibility index (Phi) is 14.2. The molecule has 2 aromatic carbocycles. The number of hydrogen-bond acceptors (Lipinski definition) is 11. The van der Waals surface area contributed by atoms with E-state index in [-0.39, 0.29) is 51.0 Å². The molecule has 2 atom stereocenters. The number of Topliss-reactive ketones (excluding diaryl/α,β-unsaturated/α-hetero) is 1. The number of nitrogens with zero attached hydrogens (tertiary/aromatic N) is 4. The first kappa shape index (κ1) is 48.7. The van der Waals surface area contributed by atoms with Crippen LogP contribution in [0.1, 0.15) is 70.9 Å². The molecule has 5 amide bonds. The van der Waals surface area contributed by atoms with Gasteiger partial charge in [-0.25, -0.2) is 0 Å². The highest BCUT2D eigenvalue weighted by Gasteiger charge is 2.49. The van der Waals surface area contributed by atoms with Gasteiger partial charge in [0.25, 0.3) is 21.9 Å². The van der Waals surface area contributed by atoms with Crippen LogP contribution in [0.5, 0.6) is 0 Å². The van der Waals surface area contributed by atoms with Gasteiger partial charge in [0.15, 0.2) is 11.5 Å². The van der Waals surface area contributed by atoms with Crippen molar-refractivity contribution in [2.75, 3.05) is 64.1 Å². The summed E-state index contributed by atoms with van der Waals surface area (Å²) in [6.07, 6.45) is 8.03. The third-order valence-corrected chi connectivity index (χ3v) is 14.1. The highest BCUT2D eigenvalue weighted by molar-refractivity contribution is 7.85. The van der Waals surface area contributed by atoms with Crippen LogP contribution in [-0.2, 0) is 54.5 Å². The van der Waals surface area contributed by atoms with E-state index in [1.165, 1.54) is 12.2 Å². The fourth-order valence-electron chi connectivity index (χ4n) is 9.79. The molecule has 18 heteroatoms. The molecule has 17 nitrogen and oxygen atoms in total. The first-order valence-electron chi connectivity index (χ1n) is 22.7. The fraction of sp³-hybridized carbons (Fsp3) is 0.449. The monoisotopic (exact) mass is 938 g/mol. The number of hydrogen-bond donors (Lipinski definition) is 4. The fourth-order valence-corrected chi connectivity index (χ4v) is 10.4. The summed E-state index contributed by atoms with van der Waals surface area (Å²) in [5.74, 6) is -3.72. The molecule has 67 heavy (non-hydrogen) atoms. The second-order valence-corrected chi connectivity index (χ2v) is 20.0. The summed E-state index contributed by atoms with van der Waals surface area (Å²) in [6.45, 7) is 9.55. The lowest BCUT2D eigenvalue weighted by Gasteiger charge is -2.37. The van der Waals surface area contributed by atoms with Crippen LogP contribution in [0.2, 0.25) is 0 Å². The number of likely N-dealkylation sites (N-methyl/N-ethyl adjacent to an activating group) is 1. The van der Waals surface area contributed by atoms with Crippen molar-refractivity contribution in [1.82, 2.24) is 25.8 Å². The van der Waals surface area contributed by atoms with Crippen LogP contribution < -0.4 is 20.9 Å². The number of likely N-dealkylation sites (tertiary alicyclic amines) is 1. The van der Waals surface area contributed by atoms with Crippen molar-refractivity contribution in [2.45, 2.75) is 82.7 Å². The molecule has 0 saturated carbocycles. The number of unbranched alkanes of at least 4 members (excludes halogenated alkanes) is 1. The molecule has 1 aliphatic carbocycles. The number of ketones is 1. The predicted molar refractivity (Wildman–Crippen MR) is 251 cm³/mol. The molecule has 4 heterocycles. The lowest BCUT2D eigenvalue weighted by Crippen LogP contribution is -2.55. The maximum absolute atomic E-state index is 14.6. The van der Waals surface area contributed by atoms with Crippen molar-refractivity contribution in [1.29, 1.82) is 0 Å². The topological polar surface area (TPSA) is 215 Å². The second kappa shape index (κ2) is 19.5. The molecule has 2 aromatic rings. The van der Waals surface area contributed by atoms with Gasteiger partial charge in [-0.3, -0.25) is 38.2 Å². The Bertz CT molecular complexity index is 2640. The maximum Gasteiger partial charge on any atom is 0.267 e. The number of para-hydroxylation sites is 2. The minimum atomic E-state index is -4.73. The van der Waals surface area contributed by atoms with Crippen LogP contribution in [0.15, 0.2) is 95.4 Å². The molecular formula is C49H60N7O10S+. The highest BCUT2D eigenvalue weighted by Crippen LogP contribution is 2.49. The van der Waals surface area contributed by atoms with Crippen LogP contribution in [0.3, 0.4) is 0 Å². The van der Waals surface area contributed by atoms with Gasteiger partial charge >= 0.3 is 0 Å². The minimum absolute atomic E-state index is 0.0642. The van der Waals surface area contributed by atoms with Gasteiger partial charge in [-0.1, -0.05) is 50.2 Å². The van der Waals surface area contributed by atoms with E-state index in [0.717, 1.165) is 38.8 Å². The molecule has 0 bridgehead atoms. The van der Waals surface area contributed by atoms with Gasteiger partial charge in [-0.05, 0) is 57.2 Å². The van der Waals surface area contributed by atoms with E-state index >= 15 is 0 Å². The summed E-state index contributed by atoms with van der Waals surface area (Å²) >= 11 is 0. The minimum Gasteiger partial charge on any atom is -0.378 e. The standard InChI is InChI=1S/C49H59N7O10S/c1-48(2)33-14-7-9-16-36(33)53(5)39(48)28-31-44(32(45(31)60)29-40-49(3,4)34-15-8-10-17-37(34)54(40)6)55-24-13-18-38(55)47(62)52-35(30-67(63,64)65)46(61)51-22-12-11-19-41(57)50-23-26-66-27-25-56-42(58)20-21-43(56)59/h7-10,14-17,20-21,28-29,35,38H,11-13,18-19,22-27,30H2,1-6H3,(H3-,50,51,52,57,61,62,63,64,65)/p+1/t35-,38+/m0/s1. The SMILES string of the molecule is CN1/C(=C/C2=C(N3CCC[C@@H]3C(=O)N[C@@H](CS(=O)(=O)O)C(=O)NCCCCC(=O)NCCOCCN3C(=O)C=CC3=O)C(=C/C3=[N+](C)c4ccccc4C3(C)C)/C2=O)C(C)(C)c2ccccc21. The normalized spacial score (nSPS) is 21.1. The van der Waals surface area contributed by atoms with Crippen molar-refractivity contribution in [2.24, 2.45) is 0 Å². The average molecular weight is 939 g/mol. The van der Waals surface area contributed by atoms with Gasteiger partial charge in [-0.2, -0.15) is 13.0 Å². The number of benzene rings is 2. The van der Waals surface area contributed by atoms with Crippen LogP contribution in [-0.4, -0.2) is 140 Å². The lowest BCUT2D eigenvalue weighted by atomic mass is 9.76. The van der Waals surface area contributed by atoms with Gasteiger partial charge in [0, 0.05) is 85.3 Å². The van der Waals surface area contributed by atoms with E-state index in [1.807, 2.05) is 67.5 Å². The summed E-state index contributed by atoms with van der Waals surface area (Å²) < 4.78 is 41.7. The number of anilines is 1. The molecule has 0 aromatic heterocycles. The number of fused-ring (bicyclic) bond motifs is 2. The van der Waals surface area contributed by atoms with Crippen LogP contribution in [0.25, 0.3) is 0 Å². The zero-order valence-electron chi connectivity index (χ0n) is 38.9. The van der Waals surface area contributed by atoms with Gasteiger partial charge in [0.1, 0.15) is 24.9 Å².